The fraction of sp³-hybridized carbons (Fsp3) is 0.625. The summed E-state index contributed by atoms with van der Waals surface area (Å²) in [5.41, 5.74) is 8.34. The predicted octanol–water partition coefficient (Wildman–Crippen LogP) is 1.86. The van der Waals surface area contributed by atoms with E-state index in [1.54, 1.807) is 0 Å². The molecule has 0 radical (unpaired) electrons. The Morgan fingerprint density at radius 1 is 1.05 bits per heavy atom. The molecule has 1 atom stereocenters. The van der Waals surface area contributed by atoms with Gasteiger partial charge in [0.05, 0.1) is 0 Å². The van der Waals surface area contributed by atoms with Gasteiger partial charge in [-0.2, -0.15) is 0 Å². The summed E-state index contributed by atoms with van der Waals surface area (Å²) in [4.78, 5) is 5.25. The zero-order chi connectivity index (χ0) is 13.1. The molecule has 0 amide bonds. The van der Waals surface area contributed by atoms with Gasteiger partial charge >= 0.3 is 0 Å². The highest BCUT2D eigenvalue weighted by molar-refractivity contribution is 5.48. The minimum absolute atomic E-state index is 0.736. The number of nitrogens with two attached hydrogens (primary N) is 1. The molecule has 0 spiro atoms. The average molecular weight is 259 g/mol. The van der Waals surface area contributed by atoms with Crippen LogP contribution in [0.4, 0.5) is 5.69 Å². The summed E-state index contributed by atoms with van der Waals surface area (Å²) in [5.74, 6) is 0. The molecule has 2 aliphatic rings. The third-order valence-corrected chi connectivity index (χ3v) is 4.54. The lowest BCUT2D eigenvalue weighted by atomic mass is 10.1. The second-order valence-corrected chi connectivity index (χ2v) is 5.84. The fourth-order valence-electron chi connectivity index (χ4n) is 3.48. The second kappa shape index (κ2) is 5.93. The Labute approximate surface area is 116 Å². The van der Waals surface area contributed by atoms with Crippen LogP contribution in [0.15, 0.2) is 24.3 Å². The van der Waals surface area contributed by atoms with Gasteiger partial charge in [0.15, 0.2) is 0 Å². The molecule has 3 heteroatoms. The van der Waals surface area contributed by atoms with E-state index in [9.17, 15) is 0 Å². The molecule has 0 bridgehead atoms. The van der Waals surface area contributed by atoms with Gasteiger partial charge in [0.2, 0.25) is 0 Å². The van der Waals surface area contributed by atoms with Crippen molar-refractivity contribution in [3.05, 3.63) is 29.8 Å². The lowest BCUT2D eigenvalue weighted by Crippen LogP contribution is -2.36. The first-order chi connectivity index (χ1) is 9.36. The van der Waals surface area contributed by atoms with Crippen LogP contribution >= 0.6 is 0 Å². The van der Waals surface area contributed by atoms with E-state index in [4.69, 9.17) is 5.73 Å². The van der Waals surface area contributed by atoms with Crippen molar-refractivity contribution in [3.63, 3.8) is 0 Å². The summed E-state index contributed by atoms with van der Waals surface area (Å²) in [6.07, 6.45) is 5.04. The van der Waals surface area contributed by atoms with E-state index in [1.165, 1.54) is 56.7 Å². The SMILES string of the molecule is NCCc1ccc(N2CCCN3CCCC3C2)cc1. The Hall–Kier alpha value is -1.06. The number of rotatable bonds is 3. The Morgan fingerprint density at radius 2 is 1.84 bits per heavy atom. The lowest BCUT2D eigenvalue weighted by molar-refractivity contribution is 0.273. The van der Waals surface area contributed by atoms with Gasteiger partial charge in [-0.1, -0.05) is 12.1 Å². The van der Waals surface area contributed by atoms with Crippen molar-refractivity contribution >= 4 is 5.69 Å². The standard InChI is InChI=1S/C16H25N3/c17-9-8-14-4-6-15(7-5-14)19-12-2-11-18-10-1-3-16(18)13-19/h4-7,16H,1-3,8-13,17H2. The third kappa shape index (κ3) is 2.93. The molecule has 19 heavy (non-hydrogen) atoms. The summed E-state index contributed by atoms with van der Waals surface area (Å²) in [5, 5.41) is 0. The first-order valence-corrected chi connectivity index (χ1v) is 7.65. The zero-order valence-corrected chi connectivity index (χ0v) is 11.7. The largest absolute Gasteiger partial charge is 0.370 e. The van der Waals surface area contributed by atoms with Crippen molar-refractivity contribution in [2.75, 3.05) is 37.6 Å². The molecule has 2 N–H and O–H groups in total. The first kappa shape index (κ1) is 12.9. The summed E-state index contributed by atoms with van der Waals surface area (Å²) < 4.78 is 0. The lowest BCUT2D eigenvalue weighted by Gasteiger charge is -2.27. The number of fused-ring (bicyclic) bond motifs is 1. The number of nitrogens with zero attached hydrogens (tertiary/aromatic N) is 2. The number of hydrogen-bond donors (Lipinski definition) is 1. The van der Waals surface area contributed by atoms with Crippen LogP contribution in [0.25, 0.3) is 0 Å². The highest BCUT2D eigenvalue weighted by Crippen LogP contribution is 2.25. The molecule has 3 nitrogen and oxygen atoms in total. The molecular formula is C16H25N3. The number of hydrogen-bond acceptors (Lipinski definition) is 3. The first-order valence-electron chi connectivity index (χ1n) is 7.65. The fourth-order valence-corrected chi connectivity index (χ4v) is 3.48. The molecule has 2 aliphatic heterocycles. The van der Waals surface area contributed by atoms with Crippen molar-refractivity contribution < 1.29 is 0 Å². The summed E-state index contributed by atoms with van der Waals surface area (Å²) >= 11 is 0. The molecule has 0 saturated carbocycles. The Bertz CT molecular complexity index is 401. The molecule has 2 heterocycles. The van der Waals surface area contributed by atoms with Gasteiger partial charge in [-0.3, -0.25) is 4.90 Å². The van der Waals surface area contributed by atoms with E-state index < -0.39 is 0 Å². The minimum atomic E-state index is 0.736. The van der Waals surface area contributed by atoms with Gasteiger partial charge in [-0.25, -0.2) is 0 Å². The smallest absolute Gasteiger partial charge is 0.0366 e. The molecule has 0 aliphatic carbocycles. The van der Waals surface area contributed by atoms with Crippen LogP contribution in [-0.2, 0) is 6.42 Å². The maximum Gasteiger partial charge on any atom is 0.0366 e. The van der Waals surface area contributed by atoms with Gasteiger partial charge in [0.25, 0.3) is 0 Å². The zero-order valence-electron chi connectivity index (χ0n) is 11.7. The quantitative estimate of drug-likeness (QED) is 0.899. The van der Waals surface area contributed by atoms with Crippen molar-refractivity contribution in [2.24, 2.45) is 5.73 Å². The van der Waals surface area contributed by atoms with Crippen molar-refractivity contribution in [1.29, 1.82) is 0 Å². The molecule has 1 unspecified atom stereocenters. The summed E-state index contributed by atoms with van der Waals surface area (Å²) in [7, 11) is 0. The Kier molecular flexibility index (Phi) is 4.04. The van der Waals surface area contributed by atoms with Gasteiger partial charge < -0.3 is 10.6 Å². The maximum absolute atomic E-state index is 5.60. The van der Waals surface area contributed by atoms with E-state index in [-0.39, 0.29) is 0 Å². The van der Waals surface area contributed by atoms with Crippen molar-refractivity contribution in [3.8, 4) is 0 Å². The average Bonchev–Trinajstić information content (AvgIpc) is 2.77. The molecule has 1 aromatic rings. The van der Waals surface area contributed by atoms with Gasteiger partial charge in [-0.05, 0) is 56.5 Å². The Morgan fingerprint density at radius 3 is 2.63 bits per heavy atom. The van der Waals surface area contributed by atoms with Crippen LogP contribution in [0, 0.1) is 0 Å². The second-order valence-electron chi connectivity index (χ2n) is 5.84. The van der Waals surface area contributed by atoms with Crippen LogP contribution in [0.2, 0.25) is 0 Å². The Balaban J connectivity index is 1.70. The maximum atomic E-state index is 5.60. The van der Waals surface area contributed by atoms with Crippen LogP contribution in [0.1, 0.15) is 24.8 Å². The molecule has 2 fully saturated rings. The van der Waals surface area contributed by atoms with E-state index >= 15 is 0 Å². The molecule has 3 rings (SSSR count). The van der Waals surface area contributed by atoms with Crippen LogP contribution in [0.5, 0.6) is 0 Å². The van der Waals surface area contributed by atoms with Crippen molar-refractivity contribution in [1.82, 2.24) is 4.90 Å². The topological polar surface area (TPSA) is 32.5 Å². The third-order valence-electron chi connectivity index (χ3n) is 4.54. The molecule has 1 aromatic carbocycles. The van der Waals surface area contributed by atoms with Gasteiger partial charge in [0, 0.05) is 31.4 Å². The van der Waals surface area contributed by atoms with E-state index in [0.29, 0.717) is 0 Å². The van der Waals surface area contributed by atoms with Crippen molar-refractivity contribution in [2.45, 2.75) is 31.7 Å². The van der Waals surface area contributed by atoms with Gasteiger partial charge in [-0.15, -0.1) is 0 Å². The number of anilines is 1. The van der Waals surface area contributed by atoms with E-state index in [0.717, 1.165) is 19.0 Å². The molecule has 104 valence electrons. The summed E-state index contributed by atoms with van der Waals surface area (Å²) in [6.45, 7) is 5.74. The van der Waals surface area contributed by atoms with E-state index in [1.807, 2.05) is 0 Å². The highest BCUT2D eigenvalue weighted by atomic mass is 15.3. The minimum Gasteiger partial charge on any atom is -0.370 e. The molecular weight excluding hydrogens is 234 g/mol. The normalized spacial score (nSPS) is 24.3. The summed E-state index contributed by atoms with van der Waals surface area (Å²) in [6, 6.07) is 9.80. The van der Waals surface area contributed by atoms with Crippen LogP contribution in [-0.4, -0.2) is 43.7 Å². The molecule has 2 saturated heterocycles. The van der Waals surface area contributed by atoms with E-state index in [2.05, 4.69) is 34.1 Å². The number of benzene rings is 1. The molecule has 0 aromatic heterocycles. The highest BCUT2D eigenvalue weighted by Gasteiger charge is 2.28. The monoisotopic (exact) mass is 259 g/mol. The van der Waals surface area contributed by atoms with Crippen LogP contribution < -0.4 is 10.6 Å². The van der Waals surface area contributed by atoms with Crippen LogP contribution in [0.3, 0.4) is 0 Å². The predicted molar refractivity (Wildman–Crippen MR) is 80.6 cm³/mol. The van der Waals surface area contributed by atoms with Gasteiger partial charge in [0.1, 0.15) is 0 Å².